The number of hydrogen-bond donors (Lipinski definition) is 5. The predicted octanol–water partition coefficient (Wildman–Crippen LogP) is -2.05. The van der Waals surface area contributed by atoms with Crippen LogP contribution in [0, 0.1) is 10.1 Å². The average Bonchev–Trinajstić information content (AvgIpc) is 2.95. The number of ether oxygens (including phenoxy) is 1. The van der Waals surface area contributed by atoms with Gasteiger partial charge in [-0.05, 0) is 6.07 Å². The zero-order chi connectivity index (χ0) is 22.8. The number of hydrogen-bond acceptors (Lipinski definition) is 10. The Morgan fingerprint density at radius 1 is 1.20 bits per heavy atom. The molecule has 0 amide bonds. The Morgan fingerprint density at radius 3 is 2.27 bits per heavy atom. The summed E-state index contributed by atoms with van der Waals surface area (Å²) >= 11 is 0. The molecule has 1 saturated heterocycles. The fourth-order valence-corrected chi connectivity index (χ4v) is 4.80. The van der Waals surface area contributed by atoms with Gasteiger partial charge in [0.2, 0.25) is 0 Å². The molecule has 5 atom stereocenters. The quantitative estimate of drug-likeness (QED) is 0.202. The maximum atomic E-state index is 13.2. The molecule has 0 spiro atoms. The van der Waals surface area contributed by atoms with Crippen molar-refractivity contribution in [2.24, 2.45) is 0 Å². The van der Waals surface area contributed by atoms with Gasteiger partial charge in [-0.25, -0.2) is 8.42 Å². The summed E-state index contributed by atoms with van der Waals surface area (Å²) in [4.78, 5) is 32.1. The topological polar surface area (TPSA) is 225 Å². The van der Waals surface area contributed by atoms with E-state index in [0.717, 1.165) is 24.3 Å². The molecule has 1 aromatic carbocycles. The Labute approximate surface area is 168 Å². The van der Waals surface area contributed by atoms with E-state index in [4.69, 9.17) is 9.84 Å². The molecule has 1 aromatic rings. The summed E-state index contributed by atoms with van der Waals surface area (Å²) in [5, 5.41) is 59.1. The summed E-state index contributed by atoms with van der Waals surface area (Å²) in [6.07, 6.45) is -8.89. The van der Waals surface area contributed by atoms with E-state index in [0.29, 0.717) is 0 Å². The van der Waals surface area contributed by atoms with Crippen LogP contribution in [0.5, 0.6) is 0 Å². The molecule has 166 valence electrons. The number of sulfonamides is 1. The number of para-hydroxylation sites is 1. The minimum atomic E-state index is -5.17. The summed E-state index contributed by atoms with van der Waals surface area (Å²) in [6.45, 7) is -0.884. The number of benzene rings is 1. The molecule has 1 aliphatic heterocycles. The van der Waals surface area contributed by atoms with Gasteiger partial charge in [-0.3, -0.25) is 19.7 Å². The molecule has 0 aliphatic carbocycles. The third-order valence-corrected chi connectivity index (χ3v) is 6.26. The Morgan fingerprint density at radius 2 is 1.80 bits per heavy atom. The first kappa shape index (κ1) is 23.6. The van der Waals surface area contributed by atoms with E-state index in [9.17, 15) is 48.5 Å². The van der Waals surface area contributed by atoms with Gasteiger partial charge in [0.25, 0.3) is 15.7 Å². The number of rotatable bonds is 9. The summed E-state index contributed by atoms with van der Waals surface area (Å²) < 4.78 is 31.5. The summed E-state index contributed by atoms with van der Waals surface area (Å²) in [5.74, 6) is -3.67. The normalized spacial score (nSPS) is 25.2. The van der Waals surface area contributed by atoms with Gasteiger partial charge in [0.15, 0.2) is 11.1 Å². The van der Waals surface area contributed by atoms with E-state index in [-0.39, 0.29) is 4.31 Å². The predicted molar refractivity (Wildman–Crippen MR) is 93.6 cm³/mol. The zero-order valence-corrected chi connectivity index (χ0v) is 15.8. The van der Waals surface area contributed by atoms with Crippen LogP contribution in [0.25, 0.3) is 0 Å². The van der Waals surface area contributed by atoms with Gasteiger partial charge < -0.3 is 30.3 Å². The van der Waals surface area contributed by atoms with Crippen molar-refractivity contribution in [2.45, 2.75) is 41.9 Å². The molecular formula is C15H18N2O12S. The molecule has 30 heavy (non-hydrogen) atoms. The molecule has 0 unspecified atom stereocenters. The minimum Gasteiger partial charge on any atom is -0.481 e. The highest BCUT2D eigenvalue weighted by Crippen LogP contribution is 2.34. The van der Waals surface area contributed by atoms with Gasteiger partial charge in [0, 0.05) is 6.07 Å². The molecule has 2 rings (SSSR count). The fourth-order valence-electron chi connectivity index (χ4n) is 2.96. The van der Waals surface area contributed by atoms with E-state index in [2.05, 4.69) is 0 Å². The number of carboxylic acids is 2. The van der Waals surface area contributed by atoms with Crippen molar-refractivity contribution in [3.8, 4) is 0 Å². The first-order chi connectivity index (χ1) is 13.9. The highest BCUT2D eigenvalue weighted by Gasteiger charge is 2.53. The molecule has 15 heteroatoms. The van der Waals surface area contributed by atoms with Gasteiger partial charge in [-0.15, -0.1) is 0 Å². The SMILES string of the molecule is O=C(O)C[C@@H](C(=O)O)N([C@@H]1O[C@@H](CO)[C@H](O)[C@H]1O)S(=O)(=O)c1ccccc1[N+](=O)[O-]. The van der Waals surface area contributed by atoms with Gasteiger partial charge in [0.05, 0.1) is 18.0 Å². The first-order valence-corrected chi connectivity index (χ1v) is 9.71. The molecule has 1 heterocycles. The van der Waals surface area contributed by atoms with Crippen LogP contribution >= 0.6 is 0 Å². The van der Waals surface area contributed by atoms with Crippen LogP contribution in [0.4, 0.5) is 5.69 Å². The Balaban J connectivity index is 2.71. The van der Waals surface area contributed by atoms with Crippen LogP contribution in [0.3, 0.4) is 0 Å². The van der Waals surface area contributed by atoms with Crippen molar-refractivity contribution < 1.29 is 53.2 Å². The van der Waals surface area contributed by atoms with E-state index < -0.39 is 81.1 Å². The lowest BCUT2D eigenvalue weighted by Crippen LogP contribution is -2.55. The maximum absolute atomic E-state index is 13.2. The Kier molecular flexibility index (Phi) is 7.06. The molecule has 0 aromatic heterocycles. The van der Waals surface area contributed by atoms with Crippen molar-refractivity contribution in [3.05, 3.63) is 34.4 Å². The lowest BCUT2D eigenvalue weighted by Gasteiger charge is -2.33. The number of aliphatic carboxylic acids is 2. The number of carbonyl (C=O) groups is 2. The Bertz CT molecular complexity index is 935. The number of aliphatic hydroxyl groups is 3. The van der Waals surface area contributed by atoms with Crippen LogP contribution in [-0.4, -0.2) is 92.3 Å². The van der Waals surface area contributed by atoms with Crippen LogP contribution in [-0.2, 0) is 24.3 Å². The summed E-state index contributed by atoms with van der Waals surface area (Å²) in [5.41, 5.74) is -0.936. The second kappa shape index (κ2) is 8.99. The second-order valence-electron chi connectivity index (χ2n) is 6.24. The van der Waals surface area contributed by atoms with Gasteiger partial charge in [-0.1, -0.05) is 12.1 Å². The fraction of sp³-hybridized carbons (Fsp3) is 0.467. The van der Waals surface area contributed by atoms with Crippen LogP contribution in [0.15, 0.2) is 29.2 Å². The molecule has 0 bridgehead atoms. The molecular weight excluding hydrogens is 432 g/mol. The van der Waals surface area contributed by atoms with E-state index in [1.54, 1.807) is 0 Å². The number of aliphatic hydroxyl groups excluding tert-OH is 3. The van der Waals surface area contributed by atoms with Crippen molar-refractivity contribution >= 4 is 27.6 Å². The minimum absolute atomic E-state index is 0.0463. The summed E-state index contributed by atoms with van der Waals surface area (Å²) in [6, 6.07) is 1.52. The molecule has 1 fully saturated rings. The molecule has 14 nitrogen and oxygen atoms in total. The first-order valence-electron chi connectivity index (χ1n) is 8.27. The largest absolute Gasteiger partial charge is 0.481 e. The van der Waals surface area contributed by atoms with Crippen molar-refractivity contribution in [2.75, 3.05) is 6.61 Å². The average molecular weight is 450 g/mol. The lowest BCUT2D eigenvalue weighted by molar-refractivity contribution is -0.387. The number of carboxylic acid groups (broad SMARTS) is 2. The highest BCUT2D eigenvalue weighted by molar-refractivity contribution is 7.89. The smallest absolute Gasteiger partial charge is 0.322 e. The monoisotopic (exact) mass is 450 g/mol. The van der Waals surface area contributed by atoms with Crippen molar-refractivity contribution in [3.63, 3.8) is 0 Å². The number of nitro benzene ring substituents is 1. The van der Waals surface area contributed by atoms with Crippen LogP contribution in [0.2, 0.25) is 0 Å². The maximum Gasteiger partial charge on any atom is 0.322 e. The van der Waals surface area contributed by atoms with E-state index in [1.807, 2.05) is 0 Å². The van der Waals surface area contributed by atoms with Gasteiger partial charge >= 0.3 is 11.9 Å². The standard InChI is InChI=1S/C15H18N2O12S/c18-6-9-12(21)13(22)14(29-9)16(8(15(23)24)5-11(19)20)30(27,28)10-4-2-1-3-7(10)17(25)26/h1-4,8-9,12-14,18,21-22H,5-6H2,(H,19,20)(H,23,24)/t8-,9-,12-,13+,14+/m0/s1. The molecule has 5 N–H and O–H groups in total. The van der Waals surface area contributed by atoms with Crippen molar-refractivity contribution in [1.82, 2.24) is 4.31 Å². The molecule has 0 radical (unpaired) electrons. The number of nitro groups is 1. The van der Waals surface area contributed by atoms with E-state index in [1.165, 1.54) is 0 Å². The van der Waals surface area contributed by atoms with Crippen LogP contribution < -0.4 is 0 Å². The number of nitrogens with zero attached hydrogens (tertiary/aromatic N) is 2. The van der Waals surface area contributed by atoms with Crippen LogP contribution in [0.1, 0.15) is 6.42 Å². The second-order valence-corrected chi connectivity index (χ2v) is 8.05. The summed E-state index contributed by atoms with van der Waals surface area (Å²) in [7, 11) is -5.17. The highest BCUT2D eigenvalue weighted by atomic mass is 32.2. The van der Waals surface area contributed by atoms with Gasteiger partial charge in [-0.2, -0.15) is 4.31 Å². The van der Waals surface area contributed by atoms with Crippen molar-refractivity contribution in [1.29, 1.82) is 0 Å². The third kappa shape index (κ3) is 4.40. The molecule has 1 aliphatic rings. The lowest BCUT2D eigenvalue weighted by atomic mass is 10.1. The third-order valence-electron chi connectivity index (χ3n) is 4.35. The zero-order valence-electron chi connectivity index (χ0n) is 15.0. The van der Waals surface area contributed by atoms with E-state index >= 15 is 0 Å². The Hall–Kier alpha value is -2.69. The van der Waals surface area contributed by atoms with Gasteiger partial charge in [0.1, 0.15) is 24.4 Å². The molecule has 0 saturated carbocycles.